The van der Waals surface area contributed by atoms with E-state index in [1.54, 1.807) is 0 Å². The molecule has 100 valence electrons. The molecule has 4 N–H and O–H groups in total. The van der Waals surface area contributed by atoms with Crippen LogP contribution in [0.1, 0.15) is 37.2 Å². The van der Waals surface area contributed by atoms with E-state index >= 15 is 0 Å². The lowest BCUT2D eigenvalue weighted by Crippen LogP contribution is -2.37. The van der Waals surface area contributed by atoms with Crippen LogP contribution in [0.15, 0.2) is 15.8 Å². The van der Waals surface area contributed by atoms with Crippen LogP contribution in [-0.4, -0.2) is 33.4 Å². The van der Waals surface area contributed by atoms with Gasteiger partial charge in [-0.05, 0) is 25.2 Å². The highest BCUT2D eigenvalue weighted by atomic mass is 16.3. The van der Waals surface area contributed by atoms with Crippen LogP contribution in [0.5, 0.6) is 0 Å². The molecule has 0 spiro atoms. The summed E-state index contributed by atoms with van der Waals surface area (Å²) in [4.78, 5) is 27.4. The molecule has 1 aliphatic carbocycles. The third-order valence-electron chi connectivity index (χ3n) is 3.90. The summed E-state index contributed by atoms with van der Waals surface area (Å²) in [6.45, 7) is -0.164. The minimum Gasteiger partial charge on any atom is -0.396 e. The normalized spacial score (nSPS) is 22.9. The predicted molar refractivity (Wildman–Crippen MR) is 65.5 cm³/mol. The molecule has 0 amide bonds. The summed E-state index contributed by atoms with van der Waals surface area (Å²) >= 11 is 0. The fourth-order valence-corrected chi connectivity index (χ4v) is 2.78. The second-order valence-electron chi connectivity index (χ2n) is 5.14. The summed E-state index contributed by atoms with van der Waals surface area (Å²) in [6.07, 6.45) is 4.45. The van der Waals surface area contributed by atoms with Gasteiger partial charge >= 0.3 is 5.69 Å². The number of aromatic nitrogens is 2. The number of aliphatic hydroxyl groups is 2. The average Bonchev–Trinajstić information content (AvgIpc) is 2.38. The van der Waals surface area contributed by atoms with Crippen molar-refractivity contribution in [2.24, 2.45) is 5.41 Å². The molecule has 1 aromatic rings. The van der Waals surface area contributed by atoms with E-state index in [4.69, 9.17) is 0 Å². The van der Waals surface area contributed by atoms with Gasteiger partial charge in [0.1, 0.15) is 0 Å². The van der Waals surface area contributed by atoms with E-state index in [0.717, 1.165) is 19.3 Å². The summed E-state index contributed by atoms with van der Waals surface area (Å²) in [5, 5.41) is 18.8. The number of hydrogen-bond acceptors (Lipinski definition) is 4. The van der Waals surface area contributed by atoms with Crippen molar-refractivity contribution in [1.82, 2.24) is 9.97 Å². The molecule has 6 nitrogen and oxygen atoms in total. The van der Waals surface area contributed by atoms with E-state index in [1.807, 2.05) is 0 Å². The topological polar surface area (TPSA) is 106 Å². The smallest absolute Gasteiger partial charge is 0.325 e. The molecule has 1 saturated carbocycles. The number of aliphatic hydroxyl groups excluding tert-OH is 2. The molecular formula is C12H18N2O4. The van der Waals surface area contributed by atoms with E-state index < -0.39 is 11.1 Å². The number of H-pyrrole nitrogens is 2. The summed E-state index contributed by atoms with van der Waals surface area (Å²) in [7, 11) is 0. The highest BCUT2D eigenvalue weighted by molar-refractivity contribution is 5.13. The van der Waals surface area contributed by atoms with Crippen molar-refractivity contribution in [3.63, 3.8) is 0 Å². The number of nitrogens with one attached hydrogen (secondary N) is 2. The van der Waals surface area contributed by atoms with Gasteiger partial charge in [0.15, 0.2) is 0 Å². The van der Waals surface area contributed by atoms with Crippen molar-refractivity contribution in [3.05, 3.63) is 32.6 Å². The van der Waals surface area contributed by atoms with E-state index in [1.165, 1.54) is 6.20 Å². The maximum Gasteiger partial charge on any atom is 0.325 e. The van der Waals surface area contributed by atoms with Gasteiger partial charge in [0, 0.05) is 17.2 Å². The first kappa shape index (κ1) is 13.0. The third-order valence-corrected chi connectivity index (χ3v) is 3.90. The highest BCUT2D eigenvalue weighted by Gasteiger charge is 2.36. The Bertz CT molecular complexity index is 515. The zero-order valence-corrected chi connectivity index (χ0v) is 10.1. The van der Waals surface area contributed by atoms with E-state index in [-0.39, 0.29) is 24.7 Å². The Morgan fingerprint density at radius 1 is 1.33 bits per heavy atom. The Morgan fingerprint density at radius 2 is 2.06 bits per heavy atom. The molecule has 1 fully saturated rings. The highest BCUT2D eigenvalue weighted by Crippen LogP contribution is 2.42. The van der Waals surface area contributed by atoms with Crippen LogP contribution < -0.4 is 11.2 Å². The molecule has 1 heterocycles. The molecule has 6 heteroatoms. The second kappa shape index (κ2) is 5.07. The fourth-order valence-electron chi connectivity index (χ4n) is 2.78. The monoisotopic (exact) mass is 254 g/mol. The van der Waals surface area contributed by atoms with Crippen LogP contribution >= 0.6 is 0 Å². The first-order valence-corrected chi connectivity index (χ1v) is 6.14. The zero-order valence-electron chi connectivity index (χ0n) is 10.1. The molecule has 0 aliphatic heterocycles. The fraction of sp³-hybridized carbons (Fsp3) is 0.667. The minimum atomic E-state index is -0.518. The zero-order chi connectivity index (χ0) is 13.2. The van der Waals surface area contributed by atoms with Crippen LogP contribution in [0.3, 0.4) is 0 Å². The summed E-state index contributed by atoms with van der Waals surface area (Å²) < 4.78 is 0. The summed E-state index contributed by atoms with van der Waals surface area (Å²) in [5.74, 6) is -0.0290. The molecule has 0 saturated heterocycles. The van der Waals surface area contributed by atoms with Gasteiger partial charge in [0.05, 0.1) is 13.2 Å². The third kappa shape index (κ3) is 2.39. The predicted octanol–water partition coefficient (Wildman–Crippen LogP) is -0.308. The van der Waals surface area contributed by atoms with Gasteiger partial charge in [0.25, 0.3) is 5.56 Å². The molecule has 1 aliphatic rings. The van der Waals surface area contributed by atoms with E-state index in [9.17, 15) is 19.8 Å². The van der Waals surface area contributed by atoms with Gasteiger partial charge in [-0.1, -0.05) is 6.42 Å². The molecule has 18 heavy (non-hydrogen) atoms. The van der Waals surface area contributed by atoms with Crippen molar-refractivity contribution in [1.29, 1.82) is 0 Å². The average molecular weight is 254 g/mol. The van der Waals surface area contributed by atoms with Gasteiger partial charge in [-0.3, -0.25) is 9.78 Å². The molecule has 0 bridgehead atoms. The van der Waals surface area contributed by atoms with Crippen LogP contribution in [0.2, 0.25) is 0 Å². The molecule has 0 radical (unpaired) electrons. The van der Waals surface area contributed by atoms with Crippen molar-refractivity contribution in [3.8, 4) is 0 Å². The van der Waals surface area contributed by atoms with Gasteiger partial charge in [-0.25, -0.2) is 4.79 Å². The Balaban J connectivity index is 2.28. The standard InChI is InChI=1S/C12H18N2O4/c15-6-12(7-16)3-1-2-8(4-12)9-5-13-11(18)14-10(9)17/h5,8,15-16H,1-4,6-7H2,(H2,13,14,17,18). The Morgan fingerprint density at radius 3 is 2.67 bits per heavy atom. The Labute approximate surface area is 104 Å². The minimum absolute atomic E-state index is 0.0290. The number of rotatable bonds is 3. The lowest BCUT2D eigenvalue weighted by molar-refractivity contribution is 0.0162. The maximum absolute atomic E-state index is 11.7. The van der Waals surface area contributed by atoms with Crippen molar-refractivity contribution >= 4 is 0 Å². The van der Waals surface area contributed by atoms with Crippen LogP contribution in [0.4, 0.5) is 0 Å². The quantitative estimate of drug-likeness (QED) is 0.593. The first-order valence-electron chi connectivity index (χ1n) is 6.14. The Kier molecular flexibility index (Phi) is 3.68. The van der Waals surface area contributed by atoms with E-state index in [0.29, 0.717) is 12.0 Å². The van der Waals surface area contributed by atoms with Gasteiger partial charge in [0.2, 0.25) is 0 Å². The SMILES string of the molecule is O=c1[nH]cc(C2CCCC(CO)(CO)C2)c(=O)[nH]1. The lowest BCUT2D eigenvalue weighted by Gasteiger charge is -2.38. The molecule has 1 aromatic heterocycles. The van der Waals surface area contributed by atoms with Gasteiger partial charge in [-0.15, -0.1) is 0 Å². The van der Waals surface area contributed by atoms with Crippen molar-refractivity contribution in [2.75, 3.05) is 13.2 Å². The van der Waals surface area contributed by atoms with Crippen LogP contribution in [-0.2, 0) is 0 Å². The number of hydrogen-bond donors (Lipinski definition) is 4. The molecule has 2 rings (SSSR count). The van der Waals surface area contributed by atoms with Crippen molar-refractivity contribution < 1.29 is 10.2 Å². The van der Waals surface area contributed by atoms with E-state index in [2.05, 4.69) is 9.97 Å². The maximum atomic E-state index is 11.7. The lowest BCUT2D eigenvalue weighted by atomic mass is 9.69. The van der Waals surface area contributed by atoms with Crippen LogP contribution in [0.25, 0.3) is 0 Å². The van der Waals surface area contributed by atoms with Crippen LogP contribution in [0, 0.1) is 5.41 Å². The summed E-state index contributed by atoms with van der Waals surface area (Å²) in [5.41, 5.74) is -0.878. The largest absolute Gasteiger partial charge is 0.396 e. The molecular weight excluding hydrogens is 236 g/mol. The molecule has 1 atom stereocenters. The Hall–Kier alpha value is -1.40. The second-order valence-corrected chi connectivity index (χ2v) is 5.14. The first-order chi connectivity index (χ1) is 8.60. The number of aromatic amines is 2. The molecule has 0 aromatic carbocycles. The summed E-state index contributed by atoms with van der Waals surface area (Å²) in [6, 6.07) is 0. The van der Waals surface area contributed by atoms with Gasteiger partial charge < -0.3 is 15.2 Å². The molecule has 1 unspecified atom stereocenters. The van der Waals surface area contributed by atoms with Crippen molar-refractivity contribution in [2.45, 2.75) is 31.6 Å². The van der Waals surface area contributed by atoms with Gasteiger partial charge in [-0.2, -0.15) is 0 Å².